The zero-order valence-corrected chi connectivity index (χ0v) is 13.6. The van der Waals surface area contributed by atoms with Crippen LogP contribution in [0.4, 0.5) is 10.1 Å². The van der Waals surface area contributed by atoms with Gasteiger partial charge in [0.15, 0.2) is 0 Å². The molecule has 24 heavy (non-hydrogen) atoms. The number of nitrogens with one attached hydrogen (secondary N) is 1. The average molecular weight is 329 g/mol. The van der Waals surface area contributed by atoms with Gasteiger partial charge in [-0.2, -0.15) is 5.26 Å². The molecule has 1 N–H and O–H groups in total. The van der Waals surface area contributed by atoms with Crippen LogP contribution in [0.2, 0.25) is 0 Å². The predicted octanol–water partition coefficient (Wildman–Crippen LogP) is 3.05. The van der Waals surface area contributed by atoms with Crippen LogP contribution in [0.25, 0.3) is 0 Å². The van der Waals surface area contributed by atoms with E-state index in [1.54, 1.807) is 0 Å². The molecule has 1 aliphatic carbocycles. The Labute approximate surface area is 140 Å². The van der Waals surface area contributed by atoms with Crippen molar-refractivity contribution in [3.05, 3.63) is 29.6 Å². The first kappa shape index (κ1) is 16.4. The largest absolute Gasteiger partial charge is 0.273 e. The first-order chi connectivity index (χ1) is 11.5. The third-order valence-corrected chi connectivity index (χ3v) is 5.28. The molecule has 0 radical (unpaired) electrons. The van der Waals surface area contributed by atoms with E-state index in [1.165, 1.54) is 12.1 Å². The number of halogens is 1. The molecule has 126 valence electrons. The van der Waals surface area contributed by atoms with E-state index in [4.69, 9.17) is 5.26 Å². The van der Waals surface area contributed by atoms with E-state index in [9.17, 15) is 14.0 Å². The molecule has 3 rings (SSSR count). The molecule has 6 heteroatoms. The minimum Gasteiger partial charge on any atom is -0.273 e. The molecule has 1 saturated carbocycles. The van der Waals surface area contributed by atoms with E-state index >= 15 is 0 Å². The molecule has 2 aliphatic rings. The van der Waals surface area contributed by atoms with Gasteiger partial charge in [-0.3, -0.25) is 15.0 Å². The first-order valence-corrected chi connectivity index (χ1v) is 8.29. The van der Waals surface area contributed by atoms with Gasteiger partial charge in [0.25, 0.3) is 5.91 Å². The number of nitrogens with zero attached hydrogens (tertiary/aromatic N) is 2. The second kappa shape index (κ2) is 6.23. The van der Waals surface area contributed by atoms with Gasteiger partial charge in [-0.25, -0.2) is 9.40 Å². The highest BCUT2D eigenvalue weighted by Gasteiger charge is 2.49. The van der Waals surface area contributed by atoms with Crippen molar-refractivity contribution in [2.45, 2.75) is 45.4 Å². The number of carbonyl (C=O) groups excluding carboxylic acids is 2. The Hall–Kier alpha value is -2.42. The van der Waals surface area contributed by atoms with E-state index in [-0.39, 0.29) is 35.4 Å². The number of hydrogen-bond acceptors (Lipinski definition) is 3. The van der Waals surface area contributed by atoms with Gasteiger partial charge in [-0.05, 0) is 43.9 Å². The standard InChI is InChI=1S/C18H20FN3O2/c1-18(13-5-3-2-4-6-13)10-16(23)21-22(17(18)24)15-9-12(11-20)7-8-14(15)19/h7-9,13H,2-6,10H2,1H3,(H,21,23). The van der Waals surface area contributed by atoms with E-state index < -0.39 is 11.2 Å². The Bertz CT molecular complexity index is 721. The van der Waals surface area contributed by atoms with Gasteiger partial charge >= 0.3 is 0 Å². The molecule has 1 saturated heterocycles. The molecule has 2 fully saturated rings. The van der Waals surface area contributed by atoms with E-state index in [2.05, 4.69) is 5.43 Å². The lowest BCUT2D eigenvalue weighted by Gasteiger charge is -2.44. The summed E-state index contributed by atoms with van der Waals surface area (Å²) in [5, 5.41) is 10.0. The van der Waals surface area contributed by atoms with Crippen molar-refractivity contribution in [1.29, 1.82) is 5.26 Å². The maximum absolute atomic E-state index is 14.2. The van der Waals surface area contributed by atoms with Crippen molar-refractivity contribution in [2.24, 2.45) is 11.3 Å². The molecule has 0 spiro atoms. The summed E-state index contributed by atoms with van der Waals surface area (Å²) in [6, 6.07) is 5.70. The van der Waals surface area contributed by atoms with Gasteiger partial charge in [0.05, 0.1) is 17.0 Å². The normalized spacial score (nSPS) is 25.3. The molecule has 1 aliphatic heterocycles. The summed E-state index contributed by atoms with van der Waals surface area (Å²) in [6.07, 6.45) is 5.18. The van der Waals surface area contributed by atoms with Crippen molar-refractivity contribution < 1.29 is 14.0 Å². The Balaban J connectivity index is 1.98. The summed E-state index contributed by atoms with van der Waals surface area (Å²) < 4.78 is 14.2. The summed E-state index contributed by atoms with van der Waals surface area (Å²) in [4.78, 5) is 25.3. The summed E-state index contributed by atoms with van der Waals surface area (Å²) in [5.74, 6) is -1.13. The zero-order valence-electron chi connectivity index (χ0n) is 13.6. The van der Waals surface area contributed by atoms with E-state index in [1.807, 2.05) is 13.0 Å². The highest BCUT2D eigenvalue weighted by molar-refractivity contribution is 6.05. The molecule has 1 heterocycles. The molecule has 5 nitrogen and oxygen atoms in total. The lowest BCUT2D eigenvalue weighted by molar-refractivity contribution is -0.144. The van der Waals surface area contributed by atoms with Crippen molar-refractivity contribution >= 4 is 17.5 Å². The third-order valence-electron chi connectivity index (χ3n) is 5.28. The fraction of sp³-hybridized carbons (Fsp3) is 0.500. The van der Waals surface area contributed by atoms with Crippen LogP contribution in [0.15, 0.2) is 18.2 Å². The fourth-order valence-corrected chi connectivity index (χ4v) is 3.86. The quantitative estimate of drug-likeness (QED) is 0.906. The Kier molecular flexibility index (Phi) is 4.27. The van der Waals surface area contributed by atoms with Crippen LogP contribution in [0.1, 0.15) is 51.0 Å². The molecule has 1 aromatic carbocycles. The van der Waals surface area contributed by atoms with E-state index in [0.717, 1.165) is 43.2 Å². The van der Waals surface area contributed by atoms with Crippen LogP contribution >= 0.6 is 0 Å². The Morgan fingerprint density at radius 3 is 2.67 bits per heavy atom. The van der Waals surface area contributed by atoms with Gasteiger partial charge in [-0.15, -0.1) is 0 Å². The van der Waals surface area contributed by atoms with Crippen molar-refractivity contribution in [1.82, 2.24) is 5.43 Å². The van der Waals surface area contributed by atoms with Crippen LogP contribution in [-0.2, 0) is 9.59 Å². The van der Waals surface area contributed by atoms with Crippen LogP contribution in [0.5, 0.6) is 0 Å². The van der Waals surface area contributed by atoms with Crippen molar-refractivity contribution in [3.8, 4) is 6.07 Å². The SMILES string of the molecule is CC1(C2CCCCC2)CC(=O)NN(c2cc(C#N)ccc2F)C1=O. The summed E-state index contributed by atoms with van der Waals surface area (Å²) in [5.41, 5.74) is 1.79. The monoisotopic (exact) mass is 329 g/mol. The van der Waals surface area contributed by atoms with Crippen LogP contribution in [-0.4, -0.2) is 11.8 Å². The number of rotatable bonds is 2. The van der Waals surface area contributed by atoms with Gasteiger partial charge < -0.3 is 0 Å². The average Bonchev–Trinajstić information content (AvgIpc) is 2.59. The summed E-state index contributed by atoms with van der Waals surface area (Å²) in [7, 11) is 0. The Morgan fingerprint density at radius 1 is 1.29 bits per heavy atom. The number of carbonyl (C=O) groups is 2. The Morgan fingerprint density at radius 2 is 2.00 bits per heavy atom. The number of nitriles is 1. The molecule has 2 amide bonds. The number of anilines is 1. The molecule has 1 atom stereocenters. The van der Waals surface area contributed by atoms with Gasteiger partial charge in [0.1, 0.15) is 11.5 Å². The van der Waals surface area contributed by atoms with Gasteiger partial charge in [0, 0.05) is 6.42 Å². The van der Waals surface area contributed by atoms with E-state index in [0.29, 0.717) is 0 Å². The second-order valence-corrected chi connectivity index (χ2v) is 6.88. The molecular weight excluding hydrogens is 309 g/mol. The van der Waals surface area contributed by atoms with Crippen molar-refractivity contribution in [3.63, 3.8) is 0 Å². The number of hydrogen-bond donors (Lipinski definition) is 1. The smallest absolute Gasteiger partial charge is 0.252 e. The fourth-order valence-electron chi connectivity index (χ4n) is 3.86. The number of amides is 2. The maximum atomic E-state index is 14.2. The topological polar surface area (TPSA) is 73.2 Å². The molecule has 0 aromatic heterocycles. The third kappa shape index (κ3) is 2.75. The molecule has 0 bridgehead atoms. The number of hydrazine groups is 1. The van der Waals surface area contributed by atoms with Crippen molar-refractivity contribution in [2.75, 3.05) is 5.01 Å². The maximum Gasteiger partial charge on any atom is 0.252 e. The summed E-state index contributed by atoms with van der Waals surface area (Å²) >= 11 is 0. The minimum absolute atomic E-state index is 0.0749. The van der Waals surface area contributed by atoms with Gasteiger partial charge in [-0.1, -0.05) is 19.3 Å². The second-order valence-electron chi connectivity index (χ2n) is 6.88. The predicted molar refractivity (Wildman–Crippen MR) is 86.0 cm³/mol. The van der Waals surface area contributed by atoms with Crippen LogP contribution in [0.3, 0.4) is 0 Å². The van der Waals surface area contributed by atoms with Crippen LogP contribution < -0.4 is 10.4 Å². The van der Waals surface area contributed by atoms with Gasteiger partial charge in [0.2, 0.25) is 5.91 Å². The first-order valence-electron chi connectivity index (χ1n) is 8.29. The highest BCUT2D eigenvalue weighted by atomic mass is 19.1. The van der Waals surface area contributed by atoms with Crippen LogP contribution in [0, 0.1) is 28.5 Å². The minimum atomic E-state index is -0.835. The molecule has 1 unspecified atom stereocenters. The number of benzene rings is 1. The highest BCUT2D eigenvalue weighted by Crippen LogP contribution is 2.44. The molecule has 1 aromatic rings. The lowest BCUT2D eigenvalue weighted by Crippen LogP contribution is -2.61. The molecular formula is C18H20FN3O2. The lowest BCUT2D eigenvalue weighted by atomic mass is 9.66. The zero-order chi connectivity index (χ0) is 17.3. The summed E-state index contributed by atoms with van der Waals surface area (Å²) in [6.45, 7) is 1.81.